The minimum atomic E-state index is -0.910. The number of nitrogens with zero attached hydrogens (tertiary/aromatic N) is 1. The van der Waals surface area contributed by atoms with E-state index >= 15 is 0 Å². The van der Waals surface area contributed by atoms with Gasteiger partial charge in [0.15, 0.2) is 0 Å². The van der Waals surface area contributed by atoms with Crippen LogP contribution in [0.3, 0.4) is 0 Å². The molecule has 1 unspecified atom stereocenters. The Morgan fingerprint density at radius 3 is 3.05 bits per heavy atom. The standard InChI is InChI=1S/C13H17NO4S2/c1-2-19-12-4-3-10(20-12)13(17)14-5-6-18-8-9(14)7-11(15)16/h3-4,9H,2,5-8H2,1H3,(H,15,16). The largest absolute Gasteiger partial charge is 0.481 e. The zero-order chi connectivity index (χ0) is 14.5. The number of aliphatic carboxylic acids is 1. The van der Waals surface area contributed by atoms with Gasteiger partial charge in [-0.2, -0.15) is 0 Å². The van der Waals surface area contributed by atoms with E-state index in [-0.39, 0.29) is 18.4 Å². The summed E-state index contributed by atoms with van der Waals surface area (Å²) in [7, 11) is 0. The number of thiophene rings is 1. The zero-order valence-corrected chi connectivity index (χ0v) is 12.8. The molecule has 1 aromatic heterocycles. The van der Waals surface area contributed by atoms with Gasteiger partial charge in [0, 0.05) is 6.54 Å². The van der Waals surface area contributed by atoms with Gasteiger partial charge in [-0.15, -0.1) is 23.1 Å². The van der Waals surface area contributed by atoms with Crippen molar-refractivity contribution >= 4 is 35.0 Å². The van der Waals surface area contributed by atoms with E-state index in [9.17, 15) is 9.59 Å². The summed E-state index contributed by atoms with van der Waals surface area (Å²) in [5, 5.41) is 8.92. The lowest BCUT2D eigenvalue weighted by molar-refractivity contribution is -0.139. The quantitative estimate of drug-likeness (QED) is 0.844. The Balaban J connectivity index is 2.09. The maximum absolute atomic E-state index is 12.5. The SMILES string of the molecule is CCSc1ccc(C(=O)N2CCOCC2CC(=O)O)s1. The number of carbonyl (C=O) groups is 2. The van der Waals surface area contributed by atoms with Crippen molar-refractivity contribution in [1.29, 1.82) is 0 Å². The van der Waals surface area contributed by atoms with Gasteiger partial charge in [-0.3, -0.25) is 9.59 Å². The first-order valence-corrected chi connectivity index (χ1v) is 8.25. The highest BCUT2D eigenvalue weighted by Gasteiger charge is 2.30. The van der Waals surface area contributed by atoms with Crippen LogP contribution in [0.5, 0.6) is 0 Å². The summed E-state index contributed by atoms with van der Waals surface area (Å²) in [6.07, 6.45) is -0.0757. The van der Waals surface area contributed by atoms with E-state index < -0.39 is 5.97 Å². The average Bonchev–Trinajstić information content (AvgIpc) is 2.87. The number of amides is 1. The second kappa shape index (κ2) is 7.10. The van der Waals surface area contributed by atoms with Crippen LogP contribution in [0.4, 0.5) is 0 Å². The second-order valence-corrected chi connectivity index (χ2v) is 7.02. The normalized spacial score (nSPS) is 19.1. The fraction of sp³-hybridized carbons (Fsp3) is 0.538. The highest BCUT2D eigenvalue weighted by molar-refractivity contribution is 8.01. The molecular formula is C13H17NO4S2. The summed E-state index contributed by atoms with van der Waals surface area (Å²) < 4.78 is 6.40. The third-order valence-corrected chi connectivity index (χ3v) is 5.16. The maximum Gasteiger partial charge on any atom is 0.305 e. The van der Waals surface area contributed by atoms with Crippen LogP contribution in [0.1, 0.15) is 23.0 Å². The Hall–Kier alpha value is -1.05. The van der Waals surface area contributed by atoms with Gasteiger partial charge in [0.1, 0.15) is 0 Å². The van der Waals surface area contributed by atoms with Gasteiger partial charge < -0.3 is 14.7 Å². The first-order chi connectivity index (χ1) is 9.61. The van der Waals surface area contributed by atoms with Crippen LogP contribution < -0.4 is 0 Å². The second-order valence-electron chi connectivity index (χ2n) is 4.38. The van der Waals surface area contributed by atoms with Gasteiger partial charge >= 0.3 is 5.97 Å². The topological polar surface area (TPSA) is 66.8 Å². The van der Waals surface area contributed by atoms with Crippen molar-refractivity contribution in [3.05, 3.63) is 17.0 Å². The van der Waals surface area contributed by atoms with Crippen molar-refractivity contribution in [2.45, 2.75) is 23.6 Å². The van der Waals surface area contributed by atoms with Gasteiger partial charge in [0.05, 0.1) is 34.8 Å². The number of morpholine rings is 1. The summed E-state index contributed by atoms with van der Waals surface area (Å²) in [5.41, 5.74) is 0. The molecule has 1 aromatic rings. The molecule has 1 atom stereocenters. The minimum Gasteiger partial charge on any atom is -0.481 e. The van der Waals surface area contributed by atoms with Gasteiger partial charge in [0.25, 0.3) is 5.91 Å². The molecule has 0 aromatic carbocycles. The predicted octanol–water partition coefficient (Wildman–Crippen LogP) is 2.18. The predicted molar refractivity (Wildman–Crippen MR) is 78.6 cm³/mol. The van der Waals surface area contributed by atoms with Crippen LogP contribution in [0.25, 0.3) is 0 Å². The van der Waals surface area contributed by atoms with Crippen LogP contribution >= 0.6 is 23.1 Å². The smallest absolute Gasteiger partial charge is 0.305 e. The van der Waals surface area contributed by atoms with Crippen LogP contribution in [-0.2, 0) is 9.53 Å². The first-order valence-electron chi connectivity index (χ1n) is 6.45. The molecule has 110 valence electrons. The molecule has 20 heavy (non-hydrogen) atoms. The molecule has 1 aliphatic heterocycles. The Labute approximate surface area is 125 Å². The molecule has 0 spiro atoms. The van der Waals surface area contributed by atoms with E-state index in [1.165, 1.54) is 11.3 Å². The average molecular weight is 315 g/mol. The highest BCUT2D eigenvalue weighted by Crippen LogP contribution is 2.28. The molecule has 2 heterocycles. The Morgan fingerprint density at radius 2 is 2.35 bits per heavy atom. The molecule has 2 rings (SSSR count). The van der Waals surface area contributed by atoms with E-state index in [0.29, 0.717) is 24.6 Å². The summed E-state index contributed by atoms with van der Waals surface area (Å²) in [6, 6.07) is 3.38. The van der Waals surface area contributed by atoms with Crippen molar-refractivity contribution in [3.63, 3.8) is 0 Å². The molecule has 0 saturated carbocycles. The number of rotatable bonds is 5. The molecule has 1 fully saturated rings. The van der Waals surface area contributed by atoms with Gasteiger partial charge in [-0.05, 0) is 17.9 Å². The summed E-state index contributed by atoms with van der Waals surface area (Å²) in [4.78, 5) is 25.6. The third-order valence-electron chi connectivity index (χ3n) is 2.98. The van der Waals surface area contributed by atoms with E-state index in [1.54, 1.807) is 16.7 Å². The summed E-state index contributed by atoms with van der Waals surface area (Å²) in [6.45, 7) is 3.27. The zero-order valence-electron chi connectivity index (χ0n) is 11.2. The molecule has 7 heteroatoms. The van der Waals surface area contributed by atoms with Crippen LogP contribution in [0.15, 0.2) is 16.3 Å². The fourth-order valence-corrected chi connectivity index (χ4v) is 4.09. The van der Waals surface area contributed by atoms with Crippen molar-refractivity contribution < 1.29 is 19.4 Å². The lowest BCUT2D eigenvalue weighted by Gasteiger charge is -2.34. The monoisotopic (exact) mass is 315 g/mol. The molecular weight excluding hydrogens is 298 g/mol. The number of hydrogen-bond donors (Lipinski definition) is 1. The van der Waals surface area contributed by atoms with Gasteiger partial charge in [-0.1, -0.05) is 6.92 Å². The van der Waals surface area contributed by atoms with Crippen molar-refractivity contribution in [3.8, 4) is 0 Å². The third kappa shape index (κ3) is 3.74. The summed E-state index contributed by atoms with van der Waals surface area (Å²) >= 11 is 3.16. The molecule has 1 aliphatic rings. The molecule has 0 radical (unpaired) electrons. The number of hydrogen-bond acceptors (Lipinski definition) is 5. The van der Waals surface area contributed by atoms with Crippen LogP contribution in [0.2, 0.25) is 0 Å². The van der Waals surface area contributed by atoms with E-state index in [2.05, 4.69) is 6.92 Å². The molecule has 0 aliphatic carbocycles. The number of carbonyl (C=O) groups excluding carboxylic acids is 1. The van der Waals surface area contributed by atoms with Crippen molar-refractivity contribution in [1.82, 2.24) is 4.90 Å². The first kappa shape index (κ1) is 15.3. The molecule has 1 saturated heterocycles. The van der Waals surface area contributed by atoms with E-state index in [1.807, 2.05) is 12.1 Å². The summed E-state index contributed by atoms with van der Waals surface area (Å²) in [5.74, 6) is -0.0351. The number of thioether (sulfide) groups is 1. The lowest BCUT2D eigenvalue weighted by atomic mass is 10.1. The number of carboxylic acid groups (broad SMARTS) is 1. The molecule has 1 N–H and O–H groups in total. The van der Waals surface area contributed by atoms with E-state index in [0.717, 1.165) is 9.96 Å². The molecule has 1 amide bonds. The highest BCUT2D eigenvalue weighted by atomic mass is 32.2. The molecule has 5 nitrogen and oxygen atoms in total. The number of ether oxygens (including phenoxy) is 1. The van der Waals surface area contributed by atoms with E-state index in [4.69, 9.17) is 9.84 Å². The van der Waals surface area contributed by atoms with Crippen molar-refractivity contribution in [2.75, 3.05) is 25.5 Å². The Morgan fingerprint density at radius 1 is 1.55 bits per heavy atom. The van der Waals surface area contributed by atoms with Crippen LogP contribution in [0, 0.1) is 0 Å². The number of carboxylic acids is 1. The van der Waals surface area contributed by atoms with Crippen LogP contribution in [-0.4, -0.2) is 53.4 Å². The minimum absolute atomic E-state index is 0.0757. The lowest BCUT2D eigenvalue weighted by Crippen LogP contribution is -2.49. The Kier molecular flexibility index (Phi) is 5.45. The molecule has 0 bridgehead atoms. The van der Waals surface area contributed by atoms with Crippen molar-refractivity contribution in [2.24, 2.45) is 0 Å². The van der Waals surface area contributed by atoms with Gasteiger partial charge in [0.2, 0.25) is 0 Å². The Bertz CT molecular complexity index is 488. The maximum atomic E-state index is 12.5. The fourth-order valence-electron chi connectivity index (χ4n) is 2.09. The van der Waals surface area contributed by atoms with Gasteiger partial charge in [-0.25, -0.2) is 0 Å².